The number of halogens is 1. The van der Waals surface area contributed by atoms with E-state index in [1.165, 1.54) is 18.4 Å². The van der Waals surface area contributed by atoms with E-state index in [-0.39, 0.29) is 12.4 Å². The van der Waals surface area contributed by atoms with Crippen LogP contribution >= 0.6 is 0 Å². The summed E-state index contributed by atoms with van der Waals surface area (Å²) in [6.07, 6.45) is 2.10. The Hall–Kier alpha value is -0.770. The second kappa shape index (κ2) is 7.87. The maximum absolute atomic E-state index is 10.0. The lowest BCUT2D eigenvalue weighted by Gasteiger charge is -2.20. The largest absolute Gasteiger partial charge is 1.00 e. The van der Waals surface area contributed by atoms with Crippen molar-refractivity contribution in [3.63, 3.8) is 0 Å². The van der Waals surface area contributed by atoms with Crippen molar-refractivity contribution in [3.05, 3.63) is 28.8 Å². The highest BCUT2D eigenvalue weighted by Gasteiger charge is 2.16. The zero-order valence-electron chi connectivity index (χ0n) is 12.7. The van der Waals surface area contributed by atoms with Gasteiger partial charge >= 0.3 is 0 Å². The molecule has 1 aromatic rings. The average molecular weight is 299 g/mol. The third-order valence-corrected chi connectivity index (χ3v) is 3.69. The third-order valence-electron chi connectivity index (χ3n) is 3.69. The first-order chi connectivity index (χ1) is 9.06. The first-order valence-electron chi connectivity index (χ1n) is 7.17. The first kappa shape index (κ1) is 17.3. The molecule has 1 N–H and O–H groups in total. The van der Waals surface area contributed by atoms with E-state index in [0.29, 0.717) is 6.61 Å². The molecule has 1 saturated heterocycles. The van der Waals surface area contributed by atoms with Gasteiger partial charge in [0.05, 0.1) is 0 Å². The van der Waals surface area contributed by atoms with Crippen molar-refractivity contribution in [3.8, 4) is 5.75 Å². The molecular weight excluding hydrogens is 274 g/mol. The molecule has 0 aromatic heterocycles. The van der Waals surface area contributed by atoms with Gasteiger partial charge in [-0.25, -0.2) is 0 Å². The Morgan fingerprint density at radius 3 is 2.25 bits per heavy atom. The fourth-order valence-electron chi connectivity index (χ4n) is 2.89. The summed E-state index contributed by atoms with van der Waals surface area (Å²) in [4.78, 5) is 2.31. The monoisotopic (exact) mass is 298 g/mol. The molecule has 4 heteroatoms. The van der Waals surface area contributed by atoms with Gasteiger partial charge in [-0.2, -0.15) is 0 Å². The van der Waals surface area contributed by atoms with Crippen LogP contribution in [0.4, 0.5) is 0 Å². The van der Waals surface area contributed by atoms with Crippen molar-refractivity contribution in [2.45, 2.75) is 39.7 Å². The lowest BCUT2D eigenvalue weighted by molar-refractivity contribution is -0.00000645. The zero-order chi connectivity index (χ0) is 13.8. The number of aliphatic hydroxyl groups is 1. The molecule has 0 spiro atoms. The Morgan fingerprint density at radius 1 is 1.15 bits per heavy atom. The molecule has 1 unspecified atom stereocenters. The maximum atomic E-state index is 10.0. The maximum Gasteiger partial charge on any atom is 0.125 e. The number of benzene rings is 1. The fourth-order valence-corrected chi connectivity index (χ4v) is 2.89. The molecule has 2 rings (SSSR count). The van der Waals surface area contributed by atoms with Crippen LogP contribution in [0.1, 0.15) is 29.5 Å². The highest BCUT2D eigenvalue weighted by Crippen LogP contribution is 2.24. The van der Waals surface area contributed by atoms with Gasteiger partial charge in [0.1, 0.15) is 18.5 Å². The predicted molar refractivity (Wildman–Crippen MR) is 77.8 cm³/mol. The van der Waals surface area contributed by atoms with E-state index in [0.717, 1.165) is 36.5 Å². The molecule has 0 radical (unpaired) electrons. The van der Waals surface area contributed by atoms with Crippen LogP contribution in [0.2, 0.25) is 0 Å². The van der Waals surface area contributed by atoms with Gasteiger partial charge in [-0.3, -0.25) is 0 Å². The van der Waals surface area contributed by atoms with Crippen LogP contribution in [0.3, 0.4) is 0 Å². The summed E-state index contributed by atoms with van der Waals surface area (Å²) in [5, 5.41) is 10.0. The van der Waals surface area contributed by atoms with Crippen LogP contribution in [0.15, 0.2) is 12.1 Å². The van der Waals surface area contributed by atoms with E-state index in [2.05, 4.69) is 37.8 Å². The second-order valence-electron chi connectivity index (χ2n) is 5.70. The summed E-state index contributed by atoms with van der Waals surface area (Å²) in [5.74, 6) is 0.922. The van der Waals surface area contributed by atoms with E-state index in [1.807, 2.05) is 0 Å². The van der Waals surface area contributed by atoms with Crippen LogP contribution in [0, 0.1) is 20.8 Å². The molecule has 1 atom stereocenters. The highest BCUT2D eigenvalue weighted by molar-refractivity contribution is 5.42. The molecule has 1 fully saturated rings. The minimum absolute atomic E-state index is 0. The molecule has 114 valence electrons. The molecule has 0 amide bonds. The number of nitrogens with zero attached hydrogens (tertiary/aromatic N) is 1. The smallest absolute Gasteiger partial charge is 0.125 e. The normalized spacial score (nSPS) is 16.8. The van der Waals surface area contributed by atoms with Gasteiger partial charge in [-0.05, 0) is 57.8 Å². The van der Waals surface area contributed by atoms with E-state index < -0.39 is 6.10 Å². The lowest BCUT2D eigenvalue weighted by atomic mass is 10.1. The molecule has 3 nitrogen and oxygen atoms in total. The van der Waals surface area contributed by atoms with E-state index in [4.69, 9.17) is 4.74 Å². The molecular formula is C16H25ClNO2-. The van der Waals surface area contributed by atoms with Crippen molar-refractivity contribution in [1.29, 1.82) is 0 Å². The fraction of sp³-hybridized carbons (Fsp3) is 0.625. The van der Waals surface area contributed by atoms with E-state index in [9.17, 15) is 5.11 Å². The molecule has 1 heterocycles. The summed E-state index contributed by atoms with van der Waals surface area (Å²) >= 11 is 0. The van der Waals surface area contributed by atoms with Gasteiger partial charge in [-0.1, -0.05) is 17.7 Å². The Morgan fingerprint density at radius 2 is 1.70 bits per heavy atom. The van der Waals surface area contributed by atoms with Crippen molar-refractivity contribution in [2.24, 2.45) is 0 Å². The molecule has 1 aliphatic rings. The van der Waals surface area contributed by atoms with Gasteiger partial charge in [0.25, 0.3) is 0 Å². The Labute approximate surface area is 128 Å². The molecule has 0 saturated carbocycles. The van der Waals surface area contributed by atoms with Crippen LogP contribution in [-0.2, 0) is 0 Å². The second-order valence-corrected chi connectivity index (χ2v) is 5.70. The summed E-state index contributed by atoms with van der Waals surface area (Å²) in [7, 11) is 0. The Balaban J connectivity index is 0.00000200. The number of aliphatic hydroxyl groups excluding tert-OH is 1. The van der Waals surface area contributed by atoms with Crippen molar-refractivity contribution >= 4 is 0 Å². The highest BCUT2D eigenvalue weighted by atomic mass is 35.5. The van der Waals surface area contributed by atoms with Gasteiger partial charge in [0.15, 0.2) is 0 Å². The van der Waals surface area contributed by atoms with Gasteiger partial charge in [0.2, 0.25) is 0 Å². The van der Waals surface area contributed by atoms with Crippen LogP contribution in [-0.4, -0.2) is 42.4 Å². The van der Waals surface area contributed by atoms with Gasteiger partial charge < -0.3 is 27.2 Å². The minimum atomic E-state index is -0.404. The number of likely N-dealkylation sites (tertiary alicyclic amines) is 1. The van der Waals surface area contributed by atoms with E-state index >= 15 is 0 Å². The Bertz CT molecular complexity index is 407. The number of hydrogen-bond acceptors (Lipinski definition) is 3. The minimum Gasteiger partial charge on any atom is -1.00 e. The number of rotatable bonds is 5. The van der Waals surface area contributed by atoms with Crippen molar-refractivity contribution < 1.29 is 22.3 Å². The topological polar surface area (TPSA) is 32.7 Å². The van der Waals surface area contributed by atoms with Crippen LogP contribution < -0.4 is 17.1 Å². The molecule has 0 bridgehead atoms. The SMILES string of the molecule is Cc1cc(C)c(OCC(O)CN2CCCC2)c(C)c1.[Cl-]. The standard InChI is InChI=1S/C16H25NO2.ClH/c1-12-8-13(2)16(14(3)9-12)19-11-15(18)10-17-6-4-5-7-17;/h8-9,15,18H,4-7,10-11H2,1-3H3;1H/p-1. The number of aryl methyl sites for hydroxylation is 3. The van der Waals surface area contributed by atoms with Crippen molar-refractivity contribution in [2.75, 3.05) is 26.2 Å². The first-order valence-corrected chi connectivity index (χ1v) is 7.17. The van der Waals surface area contributed by atoms with Gasteiger partial charge in [0, 0.05) is 6.54 Å². The van der Waals surface area contributed by atoms with Gasteiger partial charge in [-0.15, -0.1) is 0 Å². The summed E-state index contributed by atoms with van der Waals surface area (Å²) in [6, 6.07) is 4.24. The molecule has 0 aliphatic carbocycles. The molecule has 20 heavy (non-hydrogen) atoms. The van der Waals surface area contributed by atoms with E-state index in [1.54, 1.807) is 0 Å². The molecule has 1 aliphatic heterocycles. The quantitative estimate of drug-likeness (QED) is 0.792. The number of ether oxygens (including phenoxy) is 1. The summed E-state index contributed by atoms with van der Waals surface area (Å²) in [5.41, 5.74) is 3.54. The molecule has 1 aromatic carbocycles. The summed E-state index contributed by atoms with van der Waals surface area (Å²) < 4.78 is 5.82. The number of hydrogen-bond donors (Lipinski definition) is 1. The third kappa shape index (κ3) is 4.65. The zero-order valence-corrected chi connectivity index (χ0v) is 13.4. The van der Waals surface area contributed by atoms with Crippen molar-refractivity contribution in [1.82, 2.24) is 4.90 Å². The lowest BCUT2D eigenvalue weighted by Crippen LogP contribution is -3.00. The van der Waals surface area contributed by atoms with Crippen LogP contribution in [0.5, 0.6) is 5.75 Å². The summed E-state index contributed by atoms with van der Waals surface area (Å²) in [6.45, 7) is 9.53. The van der Waals surface area contributed by atoms with Crippen LogP contribution in [0.25, 0.3) is 0 Å². The average Bonchev–Trinajstić information content (AvgIpc) is 2.80. The number of β-amino-alcohol motifs (C(OH)–C–C–N with tert-alkyl or cyclic N) is 1. The predicted octanol–water partition coefficient (Wildman–Crippen LogP) is -0.549. The Kier molecular flexibility index (Phi) is 6.80.